The molecule has 0 bridgehead atoms. The fourth-order valence-corrected chi connectivity index (χ4v) is 1.26. The van der Waals surface area contributed by atoms with E-state index < -0.39 is 0 Å². The average Bonchev–Trinajstić information content (AvgIpc) is 1.96. The van der Waals surface area contributed by atoms with Crippen LogP contribution in [0.3, 0.4) is 0 Å². The van der Waals surface area contributed by atoms with E-state index in [4.69, 9.17) is 10.5 Å². The summed E-state index contributed by atoms with van der Waals surface area (Å²) in [5.74, 6) is -0.187. The lowest BCUT2D eigenvalue weighted by Gasteiger charge is -2.26. The van der Waals surface area contributed by atoms with Crippen molar-refractivity contribution in [1.29, 1.82) is 0 Å². The van der Waals surface area contributed by atoms with Crippen LogP contribution in [-0.4, -0.2) is 50.8 Å². The molecule has 4 nitrogen and oxygen atoms in total. The molecule has 1 atom stereocenters. The van der Waals surface area contributed by atoms with Gasteiger partial charge in [0.2, 0.25) is 0 Å². The van der Waals surface area contributed by atoms with Gasteiger partial charge in [0, 0.05) is 0 Å². The van der Waals surface area contributed by atoms with Crippen molar-refractivity contribution in [2.45, 2.75) is 25.8 Å². The van der Waals surface area contributed by atoms with Crippen LogP contribution in [0.2, 0.25) is 0 Å². The molecule has 0 saturated carbocycles. The van der Waals surface area contributed by atoms with E-state index in [9.17, 15) is 4.79 Å². The molecular weight excluding hydrogens is 180 g/mol. The predicted octanol–water partition coefficient (Wildman–Crippen LogP) is 0.363. The van der Waals surface area contributed by atoms with Crippen LogP contribution in [0, 0.1) is 0 Å². The highest BCUT2D eigenvalue weighted by molar-refractivity contribution is 5.70. The number of hydrogen-bond donors (Lipinski definition) is 1. The van der Waals surface area contributed by atoms with E-state index in [-0.39, 0.29) is 12.0 Å². The van der Waals surface area contributed by atoms with Crippen molar-refractivity contribution < 1.29 is 14.0 Å². The Morgan fingerprint density at radius 1 is 1.43 bits per heavy atom. The minimum atomic E-state index is -0.187. The van der Waals surface area contributed by atoms with Crippen LogP contribution in [0.4, 0.5) is 0 Å². The summed E-state index contributed by atoms with van der Waals surface area (Å²) in [4.78, 5) is 11.2. The maximum atomic E-state index is 11.2. The fraction of sp³-hybridized carbons (Fsp3) is 0.900. The second-order valence-electron chi connectivity index (χ2n) is 4.66. The molecule has 0 spiro atoms. The Hall–Kier alpha value is -0.610. The number of nitrogens with two attached hydrogens (primary N) is 1. The molecule has 0 aromatic carbocycles. The van der Waals surface area contributed by atoms with Crippen molar-refractivity contribution in [2.24, 2.45) is 5.73 Å². The molecule has 0 aliphatic heterocycles. The van der Waals surface area contributed by atoms with Gasteiger partial charge in [-0.05, 0) is 6.42 Å². The zero-order valence-corrected chi connectivity index (χ0v) is 9.75. The van der Waals surface area contributed by atoms with Crippen LogP contribution < -0.4 is 5.73 Å². The van der Waals surface area contributed by atoms with Crippen LogP contribution in [0.15, 0.2) is 0 Å². The summed E-state index contributed by atoms with van der Waals surface area (Å²) in [6, 6.07) is -0.112. The molecule has 0 unspecified atom stereocenters. The van der Waals surface area contributed by atoms with Crippen molar-refractivity contribution in [3.05, 3.63) is 0 Å². The first-order valence-electron chi connectivity index (χ1n) is 5.07. The molecule has 0 rings (SSSR count). The SMILES string of the molecule is CCCOC(=O)C[C@@H](N)C[N+](C)(C)C. The van der Waals surface area contributed by atoms with E-state index in [0.29, 0.717) is 13.0 Å². The van der Waals surface area contributed by atoms with Gasteiger partial charge in [-0.1, -0.05) is 6.92 Å². The van der Waals surface area contributed by atoms with Crippen LogP contribution >= 0.6 is 0 Å². The molecule has 4 heteroatoms. The first kappa shape index (κ1) is 13.4. The number of ether oxygens (including phenoxy) is 1. The highest BCUT2D eigenvalue weighted by Gasteiger charge is 2.17. The van der Waals surface area contributed by atoms with Crippen molar-refractivity contribution in [3.63, 3.8) is 0 Å². The lowest BCUT2D eigenvalue weighted by molar-refractivity contribution is -0.871. The van der Waals surface area contributed by atoms with E-state index in [0.717, 1.165) is 17.4 Å². The Morgan fingerprint density at radius 3 is 2.43 bits per heavy atom. The van der Waals surface area contributed by atoms with Crippen molar-refractivity contribution >= 4 is 5.97 Å². The van der Waals surface area contributed by atoms with Gasteiger partial charge in [-0.2, -0.15) is 0 Å². The van der Waals surface area contributed by atoms with E-state index in [1.807, 2.05) is 6.92 Å². The molecule has 0 radical (unpaired) electrons. The van der Waals surface area contributed by atoms with Crippen LogP contribution in [0.25, 0.3) is 0 Å². The Labute approximate surface area is 86.6 Å². The summed E-state index contributed by atoms with van der Waals surface area (Å²) >= 11 is 0. The Kier molecular flexibility index (Phi) is 5.72. The fourth-order valence-electron chi connectivity index (χ4n) is 1.26. The molecule has 84 valence electrons. The van der Waals surface area contributed by atoms with Crippen LogP contribution in [0.5, 0.6) is 0 Å². The lowest BCUT2D eigenvalue weighted by Crippen LogP contribution is -2.45. The molecule has 2 N–H and O–H groups in total. The van der Waals surface area contributed by atoms with E-state index in [2.05, 4.69) is 21.1 Å². The standard InChI is InChI=1S/C10H23N2O2/c1-5-6-14-10(13)7-9(11)8-12(2,3)4/h9H,5-8,11H2,1-4H3/q+1/t9-/m1/s1. The summed E-state index contributed by atoms with van der Waals surface area (Å²) in [6.45, 7) is 3.25. The summed E-state index contributed by atoms with van der Waals surface area (Å²) in [6.07, 6.45) is 1.17. The zero-order chi connectivity index (χ0) is 11.2. The number of quaternary nitrogens is 1. The highest BCUT2D eigenvalue weighted by atomic mass is 16.5. The van der Waals surface area contributed by atoms with E-state index in [1.165, 1.54) is 0 Å². The van der Waals surface area contributed by atoms with Crippen molar-refractivity contribution in [1.82, 2.24) is 0 Å². The van der Waals surface area contributed by atoms with Gasteiger partial charge in [0.05, 0.1) is 46.8 Å². The van der Waals surface area contributed by atoms with Gasteiger partial charge >= 0.3 is 5.97 Å². The topological polar surface area (TPSA) is 52.3 Å². The zero-order valence-electron chi connectivity index (χ0n) is 9.75. The number of carbonyl (C=O) groups is 1. The summed E-state index contributed by atoms with van der Waals surface area (Å²) in [5, 5.41) is 0. The first-order valence-corrected chi connectivity index (χ1v) is 5.07. The normalized spacial score (nSPS) is 13.8. The molecular formula is C10H23N2O2+. The van der Waals surface area contributed by atoms with E-state index in [1.54, 1.807) is 0 Å². The summed E-state index contributed by atoms with van der Waals surface area (Å²) in [5.41, 5.74) is 5.82. The van der Waals surface area contributed by atoms with Gasteiger partial charge in [0.15, 0.2) is 0 Å². The first-order chi connectivity index (χ1) is 6.35. The number of esters is 1. The smallest absolute Gasteiger partial charge is 0.307 e. The molecule has 0 aliphatic carbocycles. The minimum Gasteiger partial charge on any atom is -0.466 e. The molecule has 14 heavy (non-hydrogen) atoms. The average molecular weight is 203 g/mol. The van der Waals surface area contributed by atoms with E-state index >= 15 is 0 Å². The number of likely N-dealkylation sites (N-methyl/N-ethyl adjacent to an activating group) is 1. The minimum absolute atomic E-state index is 0.112. The summed E-state index contributed by atoms with van der Waals surface area (Å²) < 4.78 is 5.72. The van der Waals surface area contributed by atoms with Gasteiger partial charge in [0.1, 0.15) is 0 Å². The largest absolute Gasteiger partial charge is 0.466 e. The third-order valence-electron chi connectivity index (χ3n) is 1.68. The third-order valence-corrected chi connectivity index (χ3v) is 1.68. The highest BCUT2D eigenvalue weighted by Crippen LogP contribution is 1.99. The maximum absolute atomic E-state index is 11.2. The molecule has 0 fully saturated rings. The number of nitrogens with zero attached hydrogens (tertiary/aromatic N) is 1. The van der Waals surface area contributed by atoms with Gasteiger partial charge in [0.25, 0.3) is 0 Å². The predicted molar refractivity (Wildman–Crippen MR) is 56.7 cm³/mol. The molecule has 0 amide bonds. The monoisotopic (exact) mass is 203 g/mol. The molecule has 0 saturated heterocycles. The lowest BCUT2D eigenvalue weighted by atomic mass is 10.2. The van der Waals surface area contributed by atoms with Gasteiger partial charge < -0.3 is 15.0 Å². The second kappa shape index (κ2) is 5.98. The quantitative estimate of drug-likeness (QED) is 0.501. The molecule has 0 aliphatic rings. The molecule has 0 aromatic rings. The number of carbonyl (C=O) groups excluding carboxylic acids is 1. The molecule has 0 heterocycles. The third kappa shape index (κ3) is 8.01. The van der Waals surface area contributed by atoms with Gasteiger partial charge in [-0.25, -0.2) is 0 Å². The maximum Gasteiger partial charge on any atom is 0.307 e. The second-order valence-corrected chi connectivity index (χ2v) is 4.66. The Morgan fingerprint density at radius 2 is 2.00 bits per heavy atom. The van der Waals surface area contributed by atoms with Crippen molar-refractivity contribution in [3.8, 4) is 0 Å². The van der Waals surface area contributed by atoms with Crippen LogP contribution in [0.1, 0.15) is 19.8 Å². The number of hydrogen-bond acceptors (Lipinski definition) is 3. The van der Waals surface area contributed by atoms with Crippen LogP contribution in [-0.2, 0) is 9.53 Å². The van der Waals surface area contributed by atoms with Gasteiger partial charge in [-0.15, -0.1) is 0 Å². The van der Waals surface area contributed by atoms with Gasteiger partial charge in [-0.3, -0.25) is 4.79 Å². The number of rotatable bonds is 6. The Bertz CT molecular complexity index is 175. The summed E-state index contributed by atoms with van der Waals surface area (Å²) in [7, 11) is 6.16. The molecule has 0 aromatic heterocycles. The Balaban J connectivity index is 3.71. The van der Waals surface area contributed by atoms with Crippen molar-refractivity contribution in [2.75, 3.05) is 34.3 Å².